The number of carbonyl (C=O) groups excluding carboxylic acids is 3. The fraction of sp³-hybridized carbons (Fsp3) is 0.435. The lowest BCUT2D eigenvalue weighted by molar-refractivity contribution is -0.140. The van der Waals surface area contributed by atoms with Gasteiger partial charge in [0.1, 0.15) is 5.54 Å². The maximum Gasteiger partial charge on any atom is 0.344 e. The molecule has 32 heavy (non-hydrogen) atoms. The van der Waals surface area contributed by atoms with Crippen molar-refractivity contribution < 1.29 is 19.1 Å². The van der Waals surface area contributed by atoms with Crippen molar-refractivity contribution in [2.75, 3.05) is 19.7 Å². The molecule has 2 saturated heterocycles. The molecular weight excluding hydrogens is 428 g/mol. The van der Waals surface area contributed by atoms with Crippen LogP contribution < -0.4 is 10.7 Å². The number of hydrogen-bond acceptors (Lipinski definition) is 6. The van der Waals surface area contributed by atoms with E-state index < -0.39 is 23.4 Å². The van der Waals surface area contributed by atoms with Crippen LogP contribution in [0.15, 0.2) is 47.8 Å². The van der Waals surface area contributed by atoms with Gasteiger partial charge in [-0.2, -0.15) is 5.01 Å². The van der Waals surface area contributed by atoms with Crippen LogP contribution >= 0.6 is 11.3 Å². The molecule has 4 rings (SSSR count). The van der Waals surface area contributed by atoms with Crippen LogP contribution in [0.25, 0.3) is 0 Å². The van der Waals surface area contributed by atoms with Crippen LogP contribution in [0, 0.1) is 0 Å². The minimum Gasteiger partial charge on any atom is -0.377 e. The summed E-state index contributed by atoms with van der Waals surface area (Å²) in [6, 6.07) is 12.5. The van der Waals surface area contributed by atoms with Crippen LogP contribution in [0.5, 0.6) is 0 Å². The van der Waals surface area contributed by atoms with Crippen molar-refractivity contribution in [3.05, 3.63) is 58.3 Å². The average molecular weight is 457 g/mol. The number of hydrazine groups is 1. The zero-order valence-electron chi connectivity index (χ0n) is 18.1. The van der Waals surface area contributed by atoms with Gasteiger partial charge in [-0.3, -0.25) is 19.9 Å². The van der Waals surface area contributed by atoms with Gasteiger partial charge in [-0.25, -0.2) is 4.79 Å². The van der Waals surface area contributed by atoms with Crippen molar-refractivity contribution in [1.82, 2.24) is 20.7 Å². The van der Waals surface area contributed by atoms with E-state index in [1.165, 1.54) is 0 Å². The predicted molar refractivity (Wildman–Crippen MR) is 121 cm³/mol. The molecule has 2 atom stereocenters. The van der Waals surface area contributed by atoms with Gasteiger partial charge in [0.05, 0.1) is 12.6 Å². The normalized spacial score (nSPS) is 23.1. The summed E-state index contributed by atoms with van der Waals surface area (Å²) in [5.41, 5.74) is 2.04. The molecule has 0 aliphatic carbocycles. The Morgan fingerprint density at radius 2 is 2.09 bits per heavy atom. The highest BCUT2D eigenvalue weighted by atomic mass is 32.1. The molecule has 0 unspecified atom stereocenters. The minimum absolute atomic E-state index is 0.0548. The summed E-state index contributed by atoms with van der Waals surface area (Å²) in [5, 5.41) is 5.59. The zero-order valence-corrected chi connectivity index (χ0v) is 18.9. The van der Waals surface area contributed by atoms with Gasteiger partial charge in [0.2, 0.25) is 0 Å². The maximum absolute atomic E-state index is 13.2. The van der Waals surface area contributed by atoms with Crippen LogP contribution in [0.2, 0.25) is 0 Å². The number of amides is 4. The van der Waals surface area contributed by atoms with Crippen LogP contribution in [-0.2, 0) is 26.4 Å². The quantitative estimate of drug-likeness (QED) is 0.566. The molecule has 2 aliphatic heterocycles. The van der Waals surface area contributed by atoms with Gasteiger partial charge >= 0.3 is 6.03 Å². The number of nitrogens with one attached hydrogen (secondary N) is 2. The molecule has 2 N–H and O–H groups in total. The maximum atomic E-state index is 13.2. The van der Waals surface area contributed by atoms with E-state index in [0.717, 1.165) is 29.3 Å². The molecule has 0 spiro atoms. The summed E-state index contributed by atoms with van der Waals surface area (Å²) < 4.78 is 5.74. The fourth-order valence-corrected chi connectivity index (χ4v) is 5.03. The monoisotopic (exact) mass is 456 g/mol. The van der Waals surface area contributed by atoms with Gasteiger partial charge in [-0.1, -0.05) is 43.3 Å². The zero-order chi connectivity index (χ0) is 22.6. The van der Waals surface area contributed by atoms with E-state index in [9.17, 15) is 14.4 Å². The Morgan fingerprint density at radius 1 is 1.28 bits per heavy atom. The van der Waals surface area contributed by atoms with Gasteiger partial charge in [-0.05, 0) is 36.3 Å². The first-order valence-electron chi connectivity index (χ1n) is 10.9. The standard InChI is InChI=1S/C23H28N4O4S/c1-2-23(17-8-4-3-5-9-17)21(29)27(22(30)24-23)25-20(28)16-26(14-18-10-6-12-31-18)15-19-11-7-13-32-19/h3-5,7-9,11,13,18H,2,6,10,12,14-16H2,1H3,(H,24,30)(H,25,28)/t18-,23+/m0/s1. The fourth-order valence-electron chi connectivity index (χ4n) is 4.29. The molecule has 0 saturated carbocycles. The number of benzene rings is 1. The minimum atomic E-state index is -1.18. The third-order valence-corrected chi connectivity index (χ3v) is 6.80. The lowest BCUT2D eigenvalue weighted by Crippen LogP contribution is -2.51. The molecule has 0 bridgehead atoms. The molecule has 8 nitrogen and oxygen atoms in total. The highest BCUT2D eigenvalue weighted by Crippen LogP contribution is 2.31. The third-order valence-electron chi connectivity index (χ3n) is 5.94. The Balaban J connectivity index is 1.44. The first kappa shape index (κ1) is 22.4. The molecule has 0 radical (unpaired) electrons. The number of urea groups is 1. The number of nitrogens with zero attached hydrogens (tertiary/aromatic N) is 2. The number of carbonyl (C=O) groups is 3. The van der Waals surface area contributed by atoms with E-state index in [-0.39, 0.29) is 12.6 Å². The van der Waals surface area contributed by atoms with E-state index in [2.05, 4.69) is 10.7 Å². The van der Waals surface area contributed by atoms with E-state index in [0.29, 0.717) is 25.1 Å². The summed E-state index contributed by atoms with van der Waals surface area (Å²) in [5.74, 6) is -0.892. The predicted octanol–water partition coefficient (Wildman–Crippen LogP) is 2.62. The van der Waals surface area contributed by atoms with Gasteiger partial charge in [0.25, 0.3) is 11.8 Å². The van der Waals surface area contributed by atoms with Gasteiger partial charge in [-0.15, -0.1) is 11.3 Å². The van der Waals surface area contributed by atoms with Crippen molar-refractivity contribution in [1.29, 1.82) is 0 Å². The lowest BCUT2D eigenvalue weighted by atomic mass is 9.87. The third kappa shape index (κ3) is 4.69. The lowest BCUT2D eigenvalue weighted by Gasteiger charge is -2.26. The second-order valence-electron chi connectivity index (χ2n) is 8.11. The molecule has 170 valence electrons. The molecule has 1 aromatic carbocycles. The summed E-state index contributed by atoms with van der Waals surface area (Å²) in [6.07, 6.45) is 2.44. The van der Waals surface area contributed by atoms with Crippen LogP contribution in [0.1, 0.15) is 36.6 Å². The van der Waals surface area contributed by atoms with E-state index in [1.54, 1.807) is 23.5 Å². The Kier molecular flexibility index (Phi) is 6.88. The molecule has 2 aromatic rings. The molecule has 1 aromatic heterocycles. The highest BCUT2D eigenvalue weighted by Gasteiger charge is 2.52. The van der Waals surface area contributed by atoms with Crippen LogP contribution in [-0.4, -0.2) is 53.6 Å². The molecule has 2 fully saturated rings. The summed E-state index contributed by atoms with van der Waals surface area (Å²) in [7, 11) is 0. The number of hydrogen-bond donors (Lipinski definition) is 2. The second kappa shape index (κ2) is 9.81. The van der Waals surface area contributed by atoms with Crippen molar-refractivity contribution >= 4 is 29.2 Å². The summed E-state index contributed by atoms with van der Waals surface area (Å²) in [4.78, 5) is 41.9. The van der Waals surface area contributed by atoms with E-state index in [4.69, 9.17) is 4.74 Å². The van der Waals surface area contributed by atoms with Crippen molar-refractivity contribution in [3.63, 3.8) is 0 Å². The topological polar surface area (TPSA) is 91.0 Å². The van der Waals surface area contributed by atoms with E-state index >= 15 is 0 Å². The largest absolute Gasteiger partial charge is 0.377 e. The Morgan fingerprint density at radius 3 is 2.75 bits per heavy atom. The summed E-state index contributed by atoms with van der Waals surface area (Å²) in [6.45, 7) is 3.85. The number of imide groups is 1. The second-order valence-corrected chi connectivity index (χ2v) is 9.15. The number of ether oxygens (including phenoxy) is 1. The van der Waals surface area contributed by atoms with Crippen molar-refractivity contribution in [2.45, 2.75) is 44.4 Å². The van der Waals surface area contributed by atoms with Crippen molar-refractivity contribution in [2.24, 2.45) is 0 Å². The van der Waals surface area contributed by atoms with Crippen LogP contribution in [0.3, 0.4) is 0 Å². The van der Waals surface area contributed by atoms with E-state index in [1.807, 2.05) is 47.5 Å². The van der Waals surface area contributed by atoms with Gasteiger partial charge in [0, 0.05) is 24.6 Å². The molecule has 9 heteroatoms. The van der Waals surface area contributed by atoms with Crippen molar-refractivity contribution in [3.8, 4) is 0 Å². The molecule has 2 aliphatic rings. The number of thiophene rings is 1. The van der Waals surface area contributed by atoms with Gasteiger partial charge in [0.15, 0.2) is 0 Å². The SMILES string of the molecule is CC[C@]1(c2ccccc2)NC(=O)N(NC(=O)CN(Cc2cccs2)C[C@@H]2CCCO2)C1=O. The van der Waals surface area contributed by atoms with Gasteiger partial charge < -0.3 is 10.1 Å². The highest BCUT2D eigenvalue weighted by molar-refractivity contribution is 7.09. The molecule has 4 amide bonds. The Bertz CT molecular complexity index is 946. The van der Waals surface area contributed by atoms with Crippen LogP contribution in [0.4, 0.5) is 4.79 Å². The molecular formula is C23H28N4O4S. The number of rotatable bonds is 9. The Labute approximate surface area is 191 Å². The summed E-state index contributed by atoms with van der Waals surface area (Å²) >= 11 is 1.63. The first-order chi connectivity index (χ1) is 15.5. The first-order valence-corrected chi connectivity index (χ1v) is 11.8. The molecule has 3 heterocycles. The average Bonchev–Trinajstić information content (AvgIpc) is 3.54. The smallest absolute Gasteiger partial charge is 0.344 e. The Hall–Kier alpha value is -2.75.